The Morgan fingerprint density at radius 3 is 3.11 bits per heavy atom. The molecule has 1 aliphatic rings. The lowest BCUT2D eigenvalue weighted by Crippen LogP contribution is -2.30. The molecule has 4 heteroatoms. The number of nitrogens with one attached hydrogen (secondary N) is 2. The van der Waals surface area contributed by atoms with E-state index in [1.807, 2.05) is 19.9 Å². The Bertz CT molecular complexity index is 440. The highest BCUT2D eigenvalue weighted by molar-refractivity contribution is 5.26. The molecule has 0 saturated heterocycles. The first-order chi connectivity index (χ1) is 8.66. The Hall–Kier alpha value is -1.13. The molecule has 4 nitrogen and oxygen atoms in total. The molecule has 0 radical (unpaired) electrons. The van der Waals surface area contributed by atoms with Crippen LogP contribution in [0.15, 0.2) is 16.9 Å². The quantitative estimate of drug-likeness (QED) is 0.783. The minimum Gasteiger partial charge on any atom is -0.377 e. The fraction of sp³-hybridized carbons (Fsp3) is 0.643. The zero-order chi connectivity index (χ0) is 13.0. The molecule has 100 valence electrons. The molecule has 0 fully saturated rings. The Balaban J connectivity index is 1.93. The molecule has 1 aromatic heterocycles. The Morgan fingerprint density at radius 2 is 2.33 bits per heavy atom. The molecule has 0 aliphatic heterocycles. The van der Waals surface area contributed by atoms with E-state index < -0.39 is 0 Å². The predicted octanol–water partition coefficient (Wildman–Crippen LogP) is 1.77. The molecule has 0 saturated carbocycles. The largest absolute Gasteiger partial charge is 0.377 e. The third-order valence-electron chi connectivity index (χ3n) is 3.28. The van der Waals surface area contributed by atoms with Crippen molar-refractivity contribution >= 4 is 0 Å². The van der Waals surface area contributed by atoms with Crippen LogP contribution in [0.2, 0.25) is 0 Å². The summed E-state index contributed by atoms with van der Waals surface area (Å²) in [6.07, 6.45) is 3.50. The van der Waals surface area contributed by atoms with Crippen LogP contribution in [0.3, 0.4) is 0 Å². The van der Waals surface area contributed by atoms with Crippen LogP contribution >= 0.6 is 0 Å². The van der Waals surface area contributed by atoms with Gasteiger partial charge in [-0.15, -0.1) is 0 Å². The summed E-state index contributed by atoms with van der Waals surface area (Å²) in [4.78, 5) is 14.2. The van der Waals surface area contributed by atoms with E-state index in [1.165, 1.54) is 5.56 Å². The summed E-state index contributed by atoms with van der Waals surface area (Å²) in [5.41, 5.74) is 2.33. The van der Waals surface area contributed by atoms with Crippen LogP contribution < -0.4 is 10.9 Å². The summed E-state index contributed by atoms with van der Waals surface area (Å²) in [7, 11) is 0. The van der Waals surface area contributed by atoms with Gasteiger partial charge in [0.05, 0.1) is 12.7 Å². The average molecular weight is 250 g/mol. The molecule has 0 bridgehead atoms. The molecule has 18 heavy (non-hydrogen) atoms. The number of hydrogen-bond donors (Lipinski definition) is 2. The number of pyridine rings is 1. The van der Waals surface area contributed by atoms with Crippen LogP contribution in [-0.2, 0) is 11.2 Å². The first-order valence-electron chi connectivity index (χ1n) is 6.74. The van der Waals surface area contributed by atoms with Gasteiger partial charge >= 0.3 is 0 Å². The molecule has 1 heterocycles. The first kappa shape index (κ1) is 13.3. The second-order valence-corrected chi connectivity index (χ2v) is 5.07. The van der Waals surface area contributed by atoms with Crippen LogP contribution in [0.5, 0.6) is 0 Å². The van der Waals surface area contributed by atoms with Crippen molar-refractivity contribution in [3.8, 4) is 0 Å². The minimum absolute atomic E-state index is 0.00228. The SMILES string of the molecule is CC(C)OCCNC1CCCc2[nH]c(=O)ccc21. The molecule has 1 aromatic rings. The molecule has 1 unspecified atom stereocenters. The second kappa shape index (κ2) is 6.16. The van der Waals surface area contributed by atoms with Gasteiger partial charge in [0.25, 0.3) is 0 Å². The number of H-pyrrole nitrogens is 1. The van der Waals surface area contributed by atoms with E-state index in [4.69, 9.17) is 4.74 Å². The molecule has 0 aromatic carbocycles. The van der Waals surface area contributed by atoms with Gasteiger partial charge in [0.2, 0.25) is 5.56 Å². The first-order valence-corrected chi connectivity index (χ1v) is 6.74. The maximum absolute atomic E-state index is 11.3. The van der Waals surface area contributed by atoms with Gasteiger partial charge in [0.15, 0.2) is 0 Å². The number of ether oxygens (including phenoxy) is 1. The van der Waals surface area contributed by atoms with Gasteiger partial charge in [-0.2, -0.15) is 0 Å². The van der Waals surface area contributed by atoms with E-state index in [9.17, 15) is 4.79 Å². The molecule has 1 atom stereocenters. The Kier molecular flexibility index (Phi) is 4.55. The highest BCUT2D eigenvalue weighted by Gasteiger charge is 2.19. The summed E-state index contributed by atoms with van der Waals surface area (Å²) in [6, 6.07) is 3.92. The number of rotatable bonds is 5. The summed E-state index contributed by atoms with van der Waals surface area (Å²) in [5.74, 6) is 0. The zero-order valence-electron chi connectivity index (χ0n) is 11.2. The van der Waals surface area contributed by atoms with Crippen LogP contribution in [0, 0.1) is 0 Å². The van der Waals surface area contributed by atoms with Crippen molar-refractivity contribution in [3.63, 3.8) is 0 Å². The maximum atomic E-state index is 11.3. The van der Waals surface area contributed by atoms with Gasteiger partial charge in [-0.05, 0) is 38.7 Å². The van der Waals surface area contributed by atoms with Crippen molar-refractivity contribution < 1.29 is 4.74 Å². The van der Waals surface area contributed by atoms with Gasteiger partial charge in [0.1, 0.15) is 0 Å². The number of fused-ring (bicyclic) bond motifs is 1. The van der Waals surface area contributed by atoms with E-state index in [2.05, 4.69) is 10.3 Å². The molecule has 2 rings (SSSR count). The highest BCUT2D eigenvalue weighted by atomic mass is 16.5. The third kappa shape index (κ3) is 3.43. The predicted molar refractivity (Wildman–Crippen MR) is 71.8 cm³/mol. The van der Waals surface area contributed by atoms with Crippen LogP contribution in [0.1, 0.15) is 44.0 Å². The Morgan fingerprint density at radius 1 is 1.50 bits per heavy atom. The lowest BCUT2D eigenvalue weighted by atomic mass is 9.91. The summed E-state index contributed by atoms with van der Waals surface area (Å²) < 4.78 is 5.52. The van der Waals surface area contributed by atoms with E-state index in [0.29, 0.717) is 6.04 Å². The average Bonchev–Trinajstić information content (AvgIpc) is 2.34. The monoisotopic (exact) mass is 250 g/mol. The van der Waals surface area contributed by atoms with E-state index in [-0.39, 0.29) is 11.7 Å². The van der Waals surface area contributed by atoms with Crippen molar-refractivity contribution in [2.24, 2.45) is 0 Å². The fourth-order valence-corrected chi connectivity index (χ4v) is 2.44. The van der Waals surface area contributed by atoms with Crippen molar-refractivity contribution in [3.05, 3.63) is 33.7 Å². The van der Waals surface area contributed by atoms with Crippen molar-refractivity contribution in [2.45, 2.75) is 45.3 Å². The smallest absolute Gasteiger partial charge is 0.248 e. The number of hydrogen-bond acceptors (Lipinski definition) is 3. The fourth-order valence-electron chi connectivity index (χ4n) is 2.44. The third-order valence-corrected chi connectivity index (χ3v) is 3.28. The number of aromatic nitrogens is 1. The van der Waals surface area contributed by atoms with Gasteiger partial charge in [0, 0.05) is 24.3 Å². The normalized spacial score (nSPS) is 18.9. The zero-order valence-corrected chi connectivity index (χ0v) is 11.2. The van der Waals surface area contributed by atoms with E-state index in [1.54, 1.807) is 6.07 Å². The maximum Gasteiger partial charge on any atom is 0.248 e. The van der Waals surface area contributed by atoms with Crippen LogP contribution in [0.4, 0.5) is 0 Å². The van der Waals surface area contributed by atoms with Gasteiger partial charge < -0.3 is 15.0 Å². The summed E-state index contributed by atoms with van der Waals surface area (Å²) in [6.45, 7) is 5.66. The lowest BCUT2D eigenvalue weighted by Gasteiger charge is -2.26. The Labute approximate surface area is 108 Å². The van der Waals surface area contributed by atoms with Crippen molar-refractivity contribution in [1.29, 1.82) is 0 Å². The second-order valence-electron chi connectivity index (χ2n) is 5.07. The standard InChI is InChI=1S/C14H22N2O2/c1-10(2)18-9-8-15-12-4-3-5-13-11(12)6-7-14(17)16-13/h6-7,10,12,15H,3-5,8-9H2,1-2H3,(H,16,17). The minimum atomic E-state index is -0.00228. The molecule has 2 N–H and O–H groups in total. The topological polar surface area (TPSA) is 54.1 Å². The van der Waals surface area contributed by atoms with Gasteiger partial charge in [-0.1, -0.05) is 6.07 Å². The number of aromatic amines is 1. The summed E-state index contributed by atoms with van der Waals surface area (Å²) in [5, 5.41) is 3.51. The van der Waals surface area contributed by atoms with Crippen molar-refractivity contribution in [2.75, 3.05) is 13.2 Å². The van der Waals surface area contributed by atoms with E-state index >= 15 is 0 Å². The summed E-state index contributed by atoms with van der Waals surface area (Å²) >= 11 is 0. The molecule has 0 amide bonds. The molecular formula is C14H22N2O2. The van der Waals surface area contributed by atoms with E-state index in [0.717, 1.165) is 38.1 Å². The van der Waals surface area contributed by atoms with Crippen molar-refractivity contribution in [1.82, 2.24) is 10.3 Å². The lowest BCUT2D eigenvalue weighted by molar-refractivity contribution is 0.0789. The molecular weight excluding hydrogens is 228 g/mol. The number of aryl methyl sites for hydroxylation is 1. The van der Waals surface area contributed by atoms with Crippen LogP contribution in [-0.4, -0.2) is 24.2 Å². The molecule has 1 aliphatic carbocycles. The van der Waals surface area contributed by atoms with Crippen LogP contribution in [0.25, 0.3) is 0 Å². The highest BCUT2D eigenvalue weighted by Crippen LogP contribution is 2.27. The molecule has 0 spiro atoms. The van der Waals surface area contributed by atoms with Gasteiger partial charge in [-0.25, -0.2) is 0 Å². The van der Waals surface area contributed by atoms with Gasteiger partial charge in [-0.3, -0.25) is 4.79 Å².